The first-order chi connectivity index (χ1) is 12.2. The topological polar surface area (TPSA) is 41.6 Å². The monoisotopic (exact) mass is 374 g/mol. The molecule has 0 spiro atoms. The summed E-state index contributed by atoms with van der Waals surface area (Å²) in [6.45, 7) is 4.12. The Hall–Kier alpha value is -2.04. The molecule has 0 radical (unpaired) electrons. The van der Waals surface area contributed by atoms with Crippen LogP contribution in [0.2, 0.25) is 0 Å². The van der Waals surface area contributed by atoms with Crippen molar-refractivity contribution in [2.75, 3.05) is 20.1 Å². The first kappa shape index (κ1) is 20.3. The summed E-state index contributed by atoms with van der Waals surface area (Å²) in [6.07, 6.45) is 1.99. The van der Waals surface area contributed by atoms with E-state index in [4.69, 9.17) is 4.74 Å². The van der Waals surface area contributed by atoms with Gasteiger partial charge in [-0.2, -0.15) is 0 Å². The van der Waals surface area contributed by atoms with Crippen LogP contribution in [-0.2, 0) is 6.61 Å². The van der Waals surface area contributed by atoms with Gasteiger partial charge in [-0.25, -0.2) is 0 Å². The number of amides is 1. The number of aryl methyl sites for hydroxylation is 1. The highest BCUT2D eigenvalue weighted by Crippen LogP contribution is 2.23. The first-order valence-corrected chi connectivity index (χ1v) is 8.92. The van der Waals surface area contributed by atoms with Crippen LogP contribution in [0.3, 0.4) is 0 Å². The number of carbonyl (C=O) groups is 1. The molecule has 0 unspecified atom stereocenters. The highest BCUT2D eigenvalue weighted by molar-refractivity contribution is 5.97. The number of hydrogen-bond acceptors (Lipinski definition) is 3. The molecule has 0 atom stereocenters. The maximum Gasteiger partial charge on any atom is 0.257 e. The lowest BCUT2D eigenvalue weighted by Gasteiger charge is -2.32. The van der Waals surface area contributed by atoms with Crippen LogP contribution in [0.4, 0.5) is 0 Å². The summed E-state index contributed by atoms with van der Waals surface area (Å²) in [5, 5.41) is 3.30. The van der Waals surface area contributed by atoms with Crippen molar-refractivity contribution in [3.63, 3.8) is 0 Å². The summed E-state index contributed by atoms with van der Waals surface area (Å²) in [7, 11) is 1.98. The summed E-state index contributed by atoms with van der Waals surface area (Å²) in [5.74, 6) is 0.724. The standard InChI is InChI=1S/C21H26N2O2.ClH/c1-16-7-3-4-8-17(16)15-25-20-10-6-5-9-19(20)21(24)23-13-11-18(22-2)12-14-23;/h3-10,18,22H,11-15H2,1-2H3;1H. The molecule has 3 rings (SSSR count). The molecular weight excluding hydrogens is 348 g/mol. The van der Waals surface area contributed by atoms with Crippen molar-refractivity contribution in [1.82, 2.24) is 10.2 Å². The van der Waals surface area contributed by atoms with Crippen LogP contribution in [0, 0.1) is 6.92 Å². The Morgan fingerprint density at radius 3 is 2.46 bits per heavy atom. The van der Waals surface area contributed by atoms with Gasteiger partial charge in [-0.1, -0.05) is 36.4 Å². The van der Waals surface area contributed by atoms with Crippen LogP contribution in [0.15, 0.2) is 48.5 Å². The van der Waals surface area contributed by atoms with E-state index < -0.39 is 0 Å². The largest absolute Gasteiger partial charge is 0.488 e. The lowest BCUT2D eigenvalue weighted by molar-refractivity contribution is 0.0702. The predicted molar refractivity (Wildman–Crippen MR) is 107 cm³/mol. The highest BCUT2D eigenvalue weighted by atomic mass is 35.5. The number of halogens is 1. The van der Waals surface area contributed by atoms with Gasteiger partial charge in [0.25, 0.3) is 5.91 Å². The second kappa shape index (κ2) is 9.60. The fourth-order valence-electron chi connectivity index (χ4n) is 3.24. The molecule has 0 aromatic heterocycles. The molecule has 1 aliphatic rings. The zero-order valence-corrected chi connectivity index (χ0v) is 16.2. The third-order valence-electron chi connectivity index (χ3n) is 4.95. The van der Waals surface area contributed by atoms with Gasteiger partial charge in [0.2, 0.25) is 0 Å². The number of ether oxygens (including phenoxy) is 1. The average Bonchev–Trinajstić information content (AvgIpc) is 2.67. The zero-order chi connectivity index (χ0) is 17.6. The zero-order valence-electron chi connectivity index (χ0n) is 15.4. The molecule has 1 fully saturated rings. The molecule has 4 nitrogen and oxygen atoms in total. The van der Waals surface area contributed by atoms with Gasteiger partial charge in [-0.05, 0) is 50.1 Å². The molecular formula is C21H27ClN2O2. The maximum atomic E-state index is 12.9. The van der Waals surface area contributed by atoms with Gasteiger partial charge in [0.15, 0.2) is 0 Å². The molecule has 1 heterocycles. The van der Waals surface area contributed by atoms with Gasteiger partial charge in [-0.15, -0.1) is 12.4 Å². The normalized spacial score (nSPS) is 14.6. The molecule has 1 N–H and O–H groups in total. The van der Waals surface area contributed by atoms with Crippen molar-refractivity contribution >= 4 is 18.3 Å². The van der Waals surface area contributed by atoms with Crippen molar-refractivity contribution in [1.29, 1.82) is 0 Å². The van der Waals surface area contributed by atoms with Crippen LogP contribution in [0.25, 0.3) is 0 Å². The predicted octanol–water partition coefficient (Wildman–Crippen LogP) is 3.82. The van der Waals surface area contributed by atoms with E-state index in [2.05, 4.69) is 24.4 Å². The quantitative estimate of drug-likeness (QED) is 0.865. The van der Waals surface area contributed by atoms with E-state index in [1.165, 1.54) is 5.56 Å². The highest BCUT2D eigenvalue weighted by Gasteiger charge is 2.24. The number of nitrogens with one attached hydrogen (secondary N) is 1. The van der Waals surface area contributed by atoms with E-state index in [1.54, 1.807) is 0 Å². The molecule has 2 aromatic carbocycles. The molecule has 0 bridgehead atoms. The summed E-state index contributed by atoms with van der Waals surface area (Å²) in [4.78, 5) is 14.9. The van der Waals surface area contributed by atoms with Crippen LogP contribution in [0.1, 0.15) is 34.3 Å². The number of carbonyl (C=O) groups excluding carboxylic acids is 1. The number of benzene rings is 2. The number of likely N-dealkylation sites (tertiary alicyclic amines) is 1. The third kappa shape index (κ3) is 4.77. The van der Waals surface area contributed by atoms with Crippen LogP contribution in [-0.4, -0.2) is 37.0 Å². The minimum atomic E-state index is 0. The second-order valence-corrected chi connectivity index (χ2v) is 6.57. The smallest absolute Gasteiger partial charge is 0.257 e. The SMILES string of the molecule is CNC1CCN(C(=O)c2ccccc2OCc2ccccc2C)CC1.Cl. The van der Waals surface area contributed by atoms with E-state index in [-0.39, 0.29) is 18.3 Å². The molecule has 0 aliphatic carbocycles. The summed E-state index contributed by atoms with van der Waals surface area (Å²) in [6, 6.07) is 16.2. The first-order valence-electron chi connectivity index (χ1n) is 8.92. The van der Waals surface area contributed by atoms with Crippen LogP contribution >= 0.6 is 12.4 Å². The fraction of sp³-hybridized carbons (Fsp3) is 0.381. The van der Waals surface area contributed by atoms with Gasteiger partial charge >= 0.3 is 0 Å². The van der Waals surface area contributed by atoms with Gasteiger partial charge in [-0.3, -0.25) is 4.79 Å². The third-order valence-corrected chi connectivity index (χ3v) is 4.95. The Labute approximate surface area is 162 Å². The Morgan fingerprint density at radius 2 is 1.77 bits per heavy atom. The van der Waals surface area contributed by atoms with Crippen LogP contribution in [0.5, 0.6) is 5.75 Å². The van der Waals surface area contributed by atoms with Crippen molar-refractivity contribution in [2.45, 2.75) is 32.4 Å². The molecule has 1 saturated heterocycles. The molecule has 0 saturated carbocycles. The van der Waals surface area contributed by atoms with Gasteiger partial charge < -0.3 is 15.0 Å². The molecule has 2 aromatic rings. The van der Waals surface area contributed by atoms with Gasteiger partial charge in [0.1, 0.15) is 12.4 Å². The Kier molecular flexibility index (Phi) is 7.49. The summed E-state index contributed by atoms with van der Waals surface area (Å²) < 4.78 is 6.00. The number of hydrogen-bond donors (Lipinski definition) is 1. The Morgan fingerprint density at radius 1 is 1.12 bits per heavy atom. The molecule has 1 aliphatic heterocycles. The van der Waals surface area contributed by atoms with Crippen molar-refractivity contribution in [3.8, 4) is 5.75 Å². The Bertz CT molecular complexity index is 727. The van der Waals surface area contributed by atoms with Gasteiger partial charge in [0.05, 0.1) is 5.56 Å². The van der Waals surface area contributed by atoms with E-state index in [0.29, 0.717) is 24.0 Å². The van der Waals surface area contributed by atoms with E-state index >= 15 is 0 Å². The van der Waals surface area contributed by atoms with Crippen molar-refractivity contribution < 1.29 is 9.53 Å². The van der Waals surface area contributed by atoms with E-state index in [1.807, 2.05) is 48.3 Å². The minimum Gasteiger partial charge on any atom is -0.488 e. The fourth-order valence-corrected chi connectivity index (χ4v) is 3.24. The molecule has 26 heavy (non-hydrogen) atoms. The van der Waals surface area contributed by atoms with Crippen LogP contribution < -0.4 is 10.1 Å². The summed E-state index contributed by atoms with van der Waals surface area (Å²) >= 11 is 0. The average molecular weight is 375 g/mol. The van der Waals surface area contributed by atoms with Gasteiger partial charge in [0, 0.05) is 19.1 Å². The number of piperidine rings is 1. The molecule has 140 valence electrons. The number of rotatable bonds is 5. The molecule has 5 heteroatoms. The van der Waals surface area contributed by atoms with E-state index in [0.717, 1.165) is 31.5 Å². The minimum absolute atomic E-state index is 0. The Balaban J connectivity index is 0.00000243. The van der Waals surface area contributed by atoms with Crippen molar-refractivity contribution in [3.05, 3.63) is 65.2 Å². The second-order valence-electron chi connectivity index (χ2n) is 6.57. The molecule has 1 amide bonds. The van der Waals surface area contributed by atoms with E-state index in [9.17, 15) is 4.79 Å². The summed E-state index contributed by atoms with van der Waals surface area (Å²) in [5.41, 5.74) is 2.99. The number of para-hydroxylation sites is 1. The lowest BCUT2D eigenvalue weighted by atomic mass is 10.0. The maximum absolute atomic E-state index is 12.9. The number of nitrogens with zero attached hydrogens (tertiary/aromatic N) is 1. The van der Waals surface area contributed by atoms with Crippen molar-refractivity contribution in [2.24, 2.45) is 0 Å². The lowest BCUT2D eigenvalue weighted by Crippen LogP contribution is -2.44.